The van der Waals surface area contributed by atoms with E-state index < -0.39 is 0 Å². The standard InChI is InChI=1S/C16H21NO3/c1-19-11-13(10-18)17-9-12-7-8-16(20-2)15-6-4-3-5-14(12)15/h3-8,13,17-18H,9-11H2,1-2H3. The smallest absolute Gasteiger partial charge is 0.126 e. The molecule has 0 heterocycles. The molecule has 0 saturated heterocycles. The van der Waals surface area contributed by atoms with Crippen LogP contribution in [0.1, 0.15) is 5.56 Å². The van der Waals surface area contributed by atoms with Gasteiger partial charge in [-0.25, -0.2) is 0 Å². The predicted octanol–water partition coefficient (Wildman–Crippen LogP) is 1.95. The highest BCUT2D eigenvalue weighted by atomic mass is 16.5. The Hall–Kier alpha value is -1.62. The molecule has 0 amide bonds. The van der Waals surface area contributed by atoms with E-state index in [4.69, 9.17) is 9.47 Å². The first-order valence-electron chi connectivity index (χ1n) is 6.68. The van der Waals surface area contributed by atoms with Crippen LogP contribution < -0.4 is 10.1 Å². The maximum atomic E-state index is 9.27. The average molecular weight is 275 g/mol. The van der Waals surface area contributed by atoms with Gasteiger partial charge in [-0.15, -0.1) is 0 Å². The average Bonchev–Trinajstić information content (AvgIpc) is 2.51. The Morgan fingerprint density at radius 3 is 2.50 bits per heavy atom. The van der Waals surface area contributed by atoms with Crippen LogP contribution in [0.25, 0.3) is 10.8 Å². The zero-order chi connectivity index (χ0) is 14.4. The molecular weight excluding hydrogens is 254 g/mol. The molecule has 0 radical (unpaired) electrons. The lowest BCUT2D eigenvalue weighted by Gasteiger charge is -2.16. The highest BCUT2D eigenvalue weighted by Crippen LogP contribution is 2.28. The van der Waals surface area contributed by atoms with Gasteiger partial charge in [0.1, 0.15) is 5.75 Å². The molecule has 2 aromatic rings. The summed E-state index contributed by atoms with van der Waals surface area (Å²) in [6.45, 7) is 1.23. The van der Waals surface area contributed by atoms with Crippen LogP contribution in [0.5, 0.6) is 5.75 Å². The van der Waals surface area contributed by atoms with Crippen molar-refractivity contribution in [1.29, 1.82) is 0 Å². The molecule has 0 saturated carbocycles. The largest absolute Gasteiger partial charge is 0.496 e. The van der Waals surface area contributed by atoms with Gasteiger partial charge in [0.15, 0.2) is 0 Å². The molecule has 2 aromatic carbocycles. The van der Waals surface area contributed by atoms with Gasteiger partial charge in [0.05, 0.1) is 26.4 Å². The summed E-state index contributed by atoms with van der Waals surface area (Å²) in [5, 5.41) is 14.8. The van der Waals surface area contributed by atoms with E-state index in [1.54, 1.807) is 14.2 Å². The fraction of sp³-hybridized carbons (Fsp3) is 0.375. The molecule has 0 bridgehead atoms. The monoisotopic (exact) mass is 275 g/mol. The second-order valence-electron chi connectivity index (χ2n) is 4.69. The van der Waals surface area contributed by atoms with Crippen molar-refractivity contribution in [1.82, 2.24) is 5.32 Å². The fourth-order valence-corrected chi connectivity index (χ4v) is 2.30. The quantitative estimate of drug-likeness (QED) is 0.811. The molecule has 1 unspecified atom stereocenters. The van der Waals surface area contributed by atoms with Gasteiger partial charge in [-0.3, -0.25) is 0 Å². The highest BCUT2D eigenvalue weighted by Gasteiger charge is 2.09. The Balaban J connectivity index is 2.22. The van der Waals surface area contributed by atoms with Gasteiger partial charge in [-0.05, 0) is 17.0 Å². The van der Waals surface area contributed by atoms with Crippen molar-refractivity contribution in [3.8, 4) is 5.75 Å². The maximum Gasteiger partial charge on any atom is 0.126 e. The third-order valence-corrected chi connectivity index (χ3v) is 3.36. The Morgan fingerprint density at radius 2 is 1.85 bits per heavy atom. The Labute approximate surface area is 119 Å². The molecule has 1 atom stereocenters. The Bertz CT molecular complexity index is 556. The molecule has 0 fully saturated rings. The number of aliphatic hydroxyl groups is 1. The van der Waals surface area contributed by atoms with Gasteiger partial charge in [0.2, 0.25) is 0 Å². The van der Waals surface area contributed by atoms with Crippen LogP contribution in [0.15, 0.2) is 36.4 Å². The number of fused-ring (bicyclic) bond motifs is 1. The van der Waals surface area contributed by atoms with Crippen LogP contribution >= 0.6 is 0 Å². The molecule has 4 heteroatoms. The number of hydrogen-bond donors (Lipinski definition) is 2. The number of ether oxygens (including phenoxy) is 2. The molecule has 0 spiro atoms. The maximum absolute atomic E-state index is 9.27. The van der Waals surface area contributed by atoms with Crippen molar-refractivity contribution in [2.24, 2.45) is 0 Å². The summed E-state index contributed by atoms with van der Waals surface area (Å²) in [6, 6.07) is 12.1. The minimum absolute atomic E-state index is 0.0548. The number of benzene rings is 2. The summed E-state index contributed by atoms with van der Waals surface area (Å²) in [5.41, 5.74) is 1.18. The minimum atomic E-state index is -0.0548. The first-order chi connectivity index (χ1) is 9.80. The van der Waals surface area contributed by atoms with Crippen LogP contribution in [0.2, 0.25) is 0 Å². The summed E-state index contributed by atoms with van der Waals surface area (Å²) >= 11 is 0. The van der Waals surface area contributed by atoms with Crippen molar-refractivity contribution in [3.63, 3.8) is 0 Å². The van der Waals surface area contributed by atoms with Gasteiger partial charge >= 0.3 is 0 Å². The molecule has 2 rings (SSSR count). The molecule has 20 heavy (non-hydrogen) atoms. The Morgan fingerprint density at radius 1 is 1.10 bits per heavy atom. The lowest BCUT2D eigenvalue weighted by Crippen LogP contribution is -2.35. The zero-order valence-electron chi connectivity index (χ0n) is 11.9. The van der Waals surface area contributed by atoms with E-state index in [1.165, 1.54) is 5.56 Å². The predicted molar refractivity (Wildman–Crippen MR) is 80.1 cm³/mol. The highest BCUT2D eigenvalue weighted by molar-refractivity contribution is 5.91. The van der Waals surface area contributed by atoms with Gasteiger partial charge in [0.25, 0.3) is 0 Å². The molecule has 0 aliphatic heterocycles. The van der Waals surface area contributed by atoms with Crippen LogP contribution in [0, 0.1) is 0 Å². The van der Waals surface area contributed by atoms with E-state index in [-0.39, 0.29) is 12.6 Å². The Kier molecular flexibility index (Phi) is 5.35. The SMILES string of the molecule is COCC(CO)NCc1ccc(OC)c2ccccc12. The molecule has 2 N–H and O–H groups in total. The van der Waals surface area contributed by atoms with E-state index in [9.17, 15) is 5.11 Å². The first kappa shape index (κ1) is 14.8. The zero-order valence-corrected chi connectivity index (χ0v) is 11.9. The second-order valence-corrected chi connectivity index (χ2v) is 4.69. The number of rotatable bonds is 7. The second kappa shape index (κ2) is 7.24. The summed E-state index contributed by atoms with van der Waals surface area (Å²) in [6.07, 6.45) is 0. The van der Waals surface area contributed by atoms with Gasteiger partial charge < -0.3 is 19.9 Å². The van der Waals surface area contributed by atoms with Gasteiger partial charge in [-0.2, -0.15) is 0 Å². The lowest BCUT2D eigenvalue weighted by molar-refractivity contribution is 0.128. The summed E-state index contributed by atoms with van der Waals surface area (Å²) in [5.74, 6) is 0.875. The third-order valence-electron chi connectivity index (χ3n) is 3.36. The topological polar surface area (TPSA) is 50.7 Å². The van der Waals surface area contributed by atoms with Crippen molar-refractivity contribution in [2.75, 3.05) is 27.4 Å². The van der Waals surface area contributed by atoms with E-state index >= 15 is 0 Å². The van der Waals surface area contributed by atoms with E-state index in [2.05, 4.69) is 23.5 Å². The molecule has 4 nitrogen and oxygen atoms in total. The summed E-state index contributed by atoms with van der Waals surface area (Å²) in [7, 11) is 3.31. The molecule has 0 aliphatic carbocycles. The number of methoxy groups -OCH3 is 2. The van der Waals surface area contributed by atoms with Gasteiger partial charge in [0, 0.05) is 19.0 Å². The number of hydrogen-bond acceptors (Lipinski definition) is 4. The van der Waals surface area contributed by atoms with Crippen LogP contribution in [0.3, 0.4) is 0 Å². The van der Waals surface area contributed by atoms with Crippen molar-refractivity contribution in [3.05, 3.63) is 42.0 Å². The summed E-state index contributed by atoms with van der Waals surface area (Å²) < 4.78 is 10.5. The first-order valence-corrected chi connectivity index (χ1v) is 6.68. The van der Waals surface area contributed by atoms with Crippen molar-refractivity contribution in [2.45, 2.75) is 12.6 Å². The molecular formula is C16H21NO3. The fourth-order valence-electron chi connectivity index (χ4n) is 2.30. The van der Waals surface area contributed by atoms with Crippen molar-refractivity contribution >= 4 is 10.8 Å². The third kappa shape index (κ3) is 3.28. The van der Waals surface area contributed by atoms with Crippen molar-refractivity contribution < 1.29 is 14.6 Å². The molecule has 0 aliphatic rings. The minimum Gasteiger partial charge on any atom is -0.496 e. The molecule has 108 valence electrons. The van der Waals surface area contributed by atoms with Gasteiger partial charge in [-0.1, -0.05) is 30.3 Å². The molecule has 0 aromatic heterocycles. The van der Waals surface area contributed by atoms with Crippen LogP contribution in [0.4, 0.5) is 0 Å². The normalized spacial score (nSPS) is 12.6. The van der Waals surface area contributed by atoms with E-state index in [0.717, 1.165) is 16.5 Å². The number of nitrogens with one attached hydrogen (secondary N) is 1. The summed E-state index contributed by atoms with van der Waals surface area (Å²) in [4.78, 5) is 0. The van der Waals surface area contributed by atoms with E-state index in [1.807, 2.05) is 18.2 Å². The van der Waals surface area contributed by atoms with Crippen LogP contribution in [-0.4, -0.2) is 38.6 Å². The van der Waals surface area contributed by atoms with Crippen LogP contribution in [-0.2, 0) is 11.3 Å². The van der Waals surface area contributed by atoms with E-state index in [0.29, 0.717) is 13.2 Å². The number of aliphatic hydroxyl groups excluding tert-OH is 1. The lowest BCUT2D eigenvalue weighted by atomic mass is 10.0.